The van der Waals surface area contributed by atoms with Crippen LogP contribution in [0.1, 0.15) is 5.56 Å². The van der Waals surface area contributed by atoms with Gasteiger partial charge in [-0.15, -0.1) is 12.4 Å². The molecule has 4 rings (SSSR count). The minimum absolute atomic E-state index is 0. The number of nitrogens with zero attached hydrogens (tertiary/aromatic N) is 3. The van der Waals surface area contributed by atoms with E-state index in [2.05, 4.69) is 4.98 Å². The summed E-state index contributed by atoms with van der Waals surface area (Å²) in [4.78, 5) is 29.4. The van der Waals surface area contributed by atoms with E-state index in [1.165, 1.54) is 15.2 Å². The molecular formula is C20H15Cl2N3O3. The quantitative estimate of drug-likeness (QED) is 0.556. The van der Waals surface area contributed by atoms with Crippen LogP contribution in [0.4, 0.5) is 0 Å². The first-order valence-electron chi connectivity index (χ1n) is 8.17. The number of aromatic nitrogens is 3. The van der Waals surface area contributed by atoms with Crippen molar-refractivity contribution < 1.29 is 5.11 Å². The zero-order valence-corrected chi connectivity index (χ0v) is 16.0. The van der Waals surface area contributed by atoms with Crippen molar-refractivity contribution in [2.45, 2.75) is 6.54 Å². The predicted molar refractivity (Wildman–Crippen MR) is 111 cm³/mol. The fraction of sp³-hybridized carbons (Fsp3) is 0.0500. The van der Waals surface area contributed by atoms with Gasteiger partial charge in [0.05, 0.1) is 6.54 Å². The van der Waals surface area contributed by atoms with Gasteiger partial charge in [0, 0.05) is 41.6 Å². The Morgan fingerprint density at radius 3 is 2.54 bits per heavy atom. The fourth-order valence-electron chi connectivity index (χ4n) is 3.00. The van der Waals surface area contributed by atoms with Crippen molar-refractivity contribution in [3.05, 3.63) is 98.5 Å². The summed E-state index contributed by atoms with van der Waals surface area (Å²) in [5.74, 6) is -0.574. The minimum Gasteiger partial charge on any atom is -0.503 e. The Hall–Kier alpha value is -3.09. The zero-order valence-electron chi connectivity index (χ0n) is 14.4. The van der Waals surface area contributed by atoms with Crippen LogP contribution < -0.4 is 11.0 Å². The average Bonchev–Trinajstić information content (AvgIpc) is 2.67. The van der Waals surface area contributed by atoms with Crippen LogP contribution in [0.3, 0.4) is 0 Å². The molecule has 1 aromatic carbocycles. The van der Waals surface area contributed by atoms with E-state index in [0.717, 1.165) is 5.56 Å². The van der Waals surface area contributed by atoms with Crippen LogP contribution in [-0.4, -0.2) is 19.1 Å². The molecule has 28 heavy (non-hydrogen) atoms. The van der Waals surface area contributed by atoms with Crippen LogP contribution in [0.5, 0.6) is 5.75 Å². The number of aromatic hydroxyl groups is 1. The monoisotopic (exact) mass is 415 g/mol. The van der Waals surface area contributed by atoms with Crippen LogP contribution in [-0.2, 0) is 6.54 Å². The van der Waals surface area contributed by atoms with E-state index in [0.29, 0.717) is 16.1 Å². The van der Waals surface area contributed by atoms with Gasteiger partial charge in [-0.1, -0.05) is 23.7 Å². The second-order valence-corrected chi connectivity index (χ2v) is 6.51. The highest BCUT2D eigenvalue weighted by atomic mass is 35.5. The molecular weight excluding hydrogens is 401 g/mol. The second-order valence-electron chi connectivity index (χ2n) is 6.07. The highest BCUT2D eigenvalue weighted by molar-refractivity contribution is 6.30. The van der Waals surface area contributed by atoms with Gasteiger partial charge in [-0.2, -0.15) is 0 Å². The van der Waals surface area contributed by atoms with E-state index in [4.69, 9.17) is 11.6 Å². The highest BCUT2D eigenvalue weighted by Gasteiger charge is 2.15. The number of fused-ring (bicyclic) bond motifs is 1. The summed E-state index contributed by atoms with van der Waals surface area (Å²) < 4.78 is 2.88. The van der Waals surface area contributed by atoms with Gasteiger partial charge < -0.3 is 14.1 Å². The predicted octanol–water partition coefficient (Wildman–Crippen LogP) is 3.35. The lowest BCUT2D eigenvalue weighted by Crippen LogP contribution is -2.24. The van der Waals surface area contributed by atoms with Gasteiger partial charge in [-0.3, -0.25) is 14.6 Å². The molecule has 8 heteroatoms. The van der Waals surface area contributed by atoms with Gasteiger partial charge in [0.15, 0.2) is 11.3 Å². The Balaban J connectivity index is 0.00000225. The molecule has 0 saturated carbocycles. The summed E-state index contributed by atoms with van der Waals surface area (Å²) in [5.41, 5.74) is 0.612. The largest absolute Gasteiger partial charge is 0.503 e. The third-order valence-electron chi connectivity index (χ3n) is 4.31. The molecule has 0 amide bonds. The highest BCUT2D eigenvalue weighted by Crippen LogP contribution is 2.19. The maximum atomic E-state index is 12.8. The molecule has 0 spiro atoms. The van der Waals surface area contributed by atoms with Crippen LogP contribution in [0.15, 0.2) is 77.0 Å². The van der Waals surface area contributed by atoms with E-state index in [1.54, 1.807) is 55.1 Å². The fourth-order valence-corrected chi connectivity index (χ4v) is 3.21. The molecule has 3 heterocycles. The van der Waals surface area contributed by atoms with Gasteiger partial charge in [0.1, 0.15) is 0 Å². The normalized spacial score (nSPS) is 10.6. The maximum Gasteiger partial charge on any atom is 0.279 e. The minimum atomic E-state index is -0.598. The van der Waals surface area contributed by atoms with Gasteiger partial charge in [-0.25, -0.2) is 0 Å². The molecule has 0 atom stereocenters. The Morgan fingerprint density at radius 1 is 1.07 bits per heavy atom. The molecule has 0 fully saturated rings. The SMILES string of the molecule is Cl.O=c1c(-c2ccncc2)cn2ccn(Cc3cccc(Cl)c3)c(=O)c2c1O. The smallest absolute Gasteiger partial charge is 0.279 e. The molecule has 0 bridgehead atoms. The maximum absolute atomic E-state index is 12.8. The van der Waals surface area contributed by atoms with Crippen LogP contribution in [0, 0.1) is 0 Å². The zero-order chi connectivity index (χ0) is 19.0. The molecule has 0 aliphatic carbocycles. The van der Waals surface area contributed by atoms with Crippen molar-refractivity contribution in [2.75, 3.05) is 0 Å². The van der Waals surface area contributed by atoms with E-state index < -0.39 is 16.7 Å². The van der Waals surface area contributed by atoms with Crippen LogP contribution in [0.2, 0.25) is 5.02 Å². The standard InChI is InChI=1S/C20H14ClN3O3.ClH/c21-15-3-1-2-13(10-15)11-24-9-8-23-12-16(14-4-6-22-7-5-14)18(25)19(26)17(23)20(24)27;/h1-10,12,26H,11H2;1H. The number of hydrogen-bond donors (Lipinski definition) is 1. The lowest BCUT2D eigenvalue weighted by molar-refractivity contribution is 0.472. The Morgan fingerprint density at radius 2 is 1.82 bits per heavy atom. The number of hydrogen-bond acceptors (Lipinski definition) is 4. The van der Waals surface area contributed by atoms with Crippen molar-refractivity contribution >= 4 is 29.5 Å². The van der Waals surface area contributed by atoms with Gasteiger partial charge >= 0.3 is 0 Å². The molecule has 4 aromatic rings. The van der Waals surface area contributed by atoms with Crippen molar-refractivity contribution in [1.82, 2.24) is 14.0 Å². The Kier molecular flexibility index (Phi) is 5.53. The topological polar surface area (TPSA) is 76.6 Å². The molecule has 0 aliphatic heterocycles. The molecule has 142 valence electrons. The van der Waals surface area contributed by atoms with Crippen molar-refractivity contribution in [1.29, 1.82) is 0 Å². The molecule has 0 saturated heterocycles. The average molecular weight is 416 g/mol. The van der Waals surface area contributed by atoms with Crippen molar-refractivity contribution in [3.8, 4) is 16.9 Å². The summed E-state index contributed by atoms with van der Waals surface area (Å²) in [6, 6.07) is 10.5. The number of benzene rings is 1. The molecule has 6 nitrogen and oxygen atoms in total. The van der Waals surface area contributed by atoms with Crippen molar-refractivity contribution in [3.63, 3.8) is 0 Å². The summed E-state index contributed by atoms with van der Waals surface area (Å²) in [7, 11) is 0. The van der Waals surface area contributed by atoms with Crippen LogP contribution >= 0.6 is 24.0 Å². The lowest BCUT2D eigenvalue weighted by atomic mass is 10.1. The lowest BCUT2D eigenvalue weighted by Gasteiger charge is -2.11. The first kappa shape index (κ1) is 19.7. The third-order valence-corrected chi connectivity index (χ3v) is 4.55. The van der Waals surface area contributed by atoms with Crippen LogP contribution in [0.25, 0.3) is 16.6 Å². The van der Waals surface area contributed by atoms with E-state index in [9.17, 15) is 14.7 Å². The number of halogens is 2. The van der Waals surface area contributed by atoms with Gasteiger partial charge in [0.25, 0.3) is 5.56 Å². The Labute approximate surface area is 170 Å². The molecule has 0 unspecified atom stereocenters. The number of pyridine rings is 2. The third kappa shape index (κ3) is 3.52. The summed E-state index contributed by atoms with van der Waals surface area (Å²) in [6.45, 7) is 0.273. The van der Waals surface area contributed by atoms with E-state index in [1.807, 2.05) is 6.07 Å². The number of rotatable bonds is 3. The first-order valence-corrected chi connectivity index (χ1v) is 8.54. The molecule has 0 radical (unpaired) electrons. The van der Waals surface area contributed by atoms with Crippen molar-refractivity contribution in [2.24, 2.45) is 0 Å². The molecule has 3 aromatic heterocycles. The van der Waals surface area contributed by atoms with Gasteiger partial charge in [-0.05, 0) is 35.4 Å². The summed E-state index contributed by atoms with van der Waals surface area (Å²) >= 11 is 5.99. The Bertz CT molecular complexity index is 1270. The van der Waals surface area contributed by atoms with E-state index >= 15 is 0 Å². The van der Waals surface area contributed by atoms with Gasteiger partial charge in [0.2, 0.25) is 5.43 Å². The molecule has 0 aliphatic rings. The second kappa shape index (κ2) is 7.88. The molecule has 1 N–H and O–H groups in total. The summed E-state index contributed by atoms with van der Waals surface area (Å²) in [6.07, 6.45) is 7.90. The first-order chi connectivity index (χ1) is 13.0. The summed E-state index contributed by atoms with van der Waals surface area (Å²) in [5, 5.41) is 11.0. The van der Waals surface area contributed by atoms with E-state index in [-0.39, 0.29) is 24.5 Å².